The molecule has 1 N–H and O–H groups in total. The van der Waals surface area contributed by atoms with E-state index in [1.54, 1.807) is 0 Å². The molecule has 0 aromatic heterocycles. The van der Waals surface area contributed by atoms with Gasteiger partial charge in [0.25, 0.3) is 0 Å². The molecule has 3 nitrogen and oxygen atoms in total. The van der Waals surface area contributed by atoms with Crippen LogP contribution in [-0.4, -0.2) is 23.9 Å². The maximum Gasteiger partial charge on any atom is 0.238 e. The summed E-state index contributed by atoms with van der Waals surface area (Å²) in [7, 11) is 0. The van der Waals surface area contributed by atoms with E-state index < -0.39 is 0 Å². The van der Waals surface area contributed by atoms with Gasteiger partial charge in [-0.25, -0.2) is 0 Å². The lowest BCUT2D eigenvalue weighted by molar-refractivity contribution is -0.128. The Hall–Kier alpha value is -1.06. The fourth-order valence-electron chi connectivity index (χ4n) is 2.30. The second-order valence-electron chi connectivity index (χ2n) is 4.83. The zero-order chi connectivity index (χ0) is 11.8. The number of amides is 1. The van der Waals surface area contributed by atoms with Crippen molar-refractivity contribution in [2.24, 2.45) is 5.92 Å². The van der Waals surface area contributed by atoms with Crippen molar-refractivity contribution in [2.45, 2.75) is 19.0 Å². The highest BCUT2D eigenvalue weighted by Gasteiger charge is 2.35. The molecule has 1 unspecified atom stereocenters. The summed E-state index contributed by atoms with van der Waals surface area (Å²) in [4.78, 5) is 13.8. The quantitative estimate of drug-likeness (QED) is 0.892. The molecule has 1 heterocycles. The van der Waals surface area contributed by atoms with Gasteiger partial charge in [0, 0.05) is 11.6 Å². The average Bonchev–Trinajstić information content (AvgIpc) is 3.04. The number of hydrogen-bond donors (Lipinski definition) is 1. The minimum Gasteiger partial charge on any atom is -0.322 e. The molecule has 1 aliphatic heterocycles. The molecule has 0 spiro atoms. The number of benzene rings is 1. The van der Waals surface area contributed by atoms with E-state index in [4.69, 9.17) is 11.6 Å². The molecule has 2 fully saturated rings. The highest BCUT2D eigenvalue weighted by Crippen LogP contribution is 2.33. The second kappa shape index (κ2) is 4.31. The predicted molar refractivity (Wildman–Crippen MR) is 66.6 cm³/mol. The van der Waals surface area contributed by atoms with Gasteiger partial charge < -0.3 is 4.90 Å². The zero-order valence-corrected chi connectivity index (χ0v) is 10.3. The van der Waals surface area contributed by atoms with Gasteiger partial charge in [0.05, 0.1) is 6.54 Å². The number of nitrogens with zero attached hydrogens (tertiary/aromatic N) is 1. The van der Waals surface area contributed by atoms with Gasteiger partial charge >= 0.3 is 0 Å². The first-order valence-electron chi connectivity index (χ1n) is 6.02. The Morgan fingerprint density at radius 3 is 2.94 bits per heavy atom. The smallest absolute Gasteiger partial charge is 0.238 e. The number of halogens is 1. The first-order chi connectivity index (χ1) is 8.24. The lowest BCUT2D eigenvalue weighted by Crippen LogP contribution is -2.32. The van der Waals surface area contributed by atoms with Gasteiger partial charge in [-0.05, 0) is 36.5 Å². The predicted octanol–water partition coefficient (Wildman–Crippen LogP) is 2.18. The molecule has 1 amide bonds. The molecular formula is C13H15ClN2O. The van der Waals surface area contributed by atoms with Gasteiger partial charge in [-0.3, -0.25) is 10.1 Å². The van der Waals surface area contributed by atoms with Crippen LogP contribution in [-0.2, 0) is 4.79 Å². The van der Waals surface area contributed by atoms with Crippen LogP contribution in [0.25, 0.3) is 0 Å². The standard InChI is InChI=1S/C13H15ClN2O/c14-11-3-1-2-10(6-11)13-15-7-12(17)16(13)8-9-4-5-9/h1-3,6,9,13,15H,4-5,7-8H2. The highest BCUT2D eigenvalue weighted by molar-refractivity contribution is 6.30. The molecule has 1 saturated heterocycles. The Labute approximate surface area is 106 Å². The number of carbonyl (C=O) groups excluding carboxylic acids is 1. The van der Waals surface area contributed by atoms with Crippen molar-refractivity contribution in [1.82, 2.24) is 10.2 Å². The molecule has 0 radical (unpaired) electrons. The molecule has 3 rings (SSSR count). The lowest BCUT2D eigenvalue weighted by atomic mass is 10.1. The van der Waals surface area contributed by atoms with Gasteiger partial charge in [0.2, 0.25) is 5.91 Å². The first kappa shape index (κ1) is 11.1. The van der Waals surface area contributed by atoms with Gasteiger partial charge in [-0.2, -0.15) is 0 Å². The summed E-state index contributed by atoms with van der Waals surface area (Å²) in [5, 5.41) is 3.97. The molecule has 1 atom stereocenters. The second-order valence-corrected chi connectivity index (χ2v) is 5.26. The summed E-state index contributed by atoms with van der Waals surface area (Å²) < 4.78 is 0. The third-order valence-electron chi connectivity index (χ3n) is 3.39. The summed E-state index contributed by atoms with van der Waals surface area (Å²) in [6.45, 7) is 1.31. The molecular weight excluding hydrogens is 236 g/mol. The summed E-state index contributed by atoms with van der Waals surface area (Å²) in [6.07, 6.45) is 2.51. The Kier molecular flexibility index (Phi) is 2.81. The van der Waals surface area contributed by atoms with E-state index in [0.717, 1.165) is 17.1 Å². The summed E-state index contributed by atoms with van der Waals surface area (Å²) in [5.41, 5.74) is 1.07. The van der Waals surface area contributed by atoms with E-state index in [-0.39, 0.29) is 12.1 Å². The molecule has 1 saturated carbocycles. The van der Waals surface area contributed by atoms with Crippen LogP contribution in [0.1, 0.15) is 24.6 Å². The minimum absolute atomic E-state index is 0.00167. The fraction of sp³-hybridized carbons (Fsp3) is 0.462. The maximum atomic E-state index is 11.8. The van der Waals surface area contributed by atoms with E-state index in [2.05, 4.69) is 5.32 Å². The van der Waals surface area contributed by atoms with Gasteiger partial charge in [0.15, 0.2) is 0 Å². The molecule has 17 heavy (non-hydrogen) atoms. The first-order valence-corrected chi connectivity index (χ1v) is 6.40. The van der Waals surface area contributed by atoms with Crippen LogP contribution in [0.5, 0.6) is 0 Å². The van der Waals surface area contributed by atoms with Crippen molar-refractivity contribution in [3.8, 4) is 0 Å². The molecule has 1 aromatic carbocycles. The number of hydrogen-bond acceptors (Lipinski definition) is 2. The average molecular weight is 251 g/mol. The van der Waals surface area contributed by atoms with Crippen LogP contribution >= 0.6 is 11.6 Å². The Morgan fingerprint density at radius 1 is 1.41 bits per heavy atom. The van der Waals surface area contributed by atoms with E-state index in [1.165, 1.54) is 12.8 Å². The van der Waals surface area contributed by atoms with Gasteiger partial charge in [-0.1, -0.05) is 23.7 Å². The van der Waals surface area contributed by atoms with Crippen LogP contribution < -0.4 is 5.32 Å². The van der Waals surface area contributed by atoms with Gasteiger partial charge in [-0.15, -0.1) is 0 Å². The van der Waals surface area contributed by atoms with E-state index in [0.29, 0.717) is 12.5 Å². The fourth-order valence-corrected chi connectivity index (χ4v) is 2.50. The largest absolute Gasteiger partial charge is 0.322 e. The molecule has 1 aliphatic carbocycles. The number of carbonyl (C=O) groups is 1. The van der Waals surface area contributed by atoms with E-state index >= 15 is 0 Å². The normalized spacial score (nSPS) is 24.4. The Bertz CT molecular complexity index is 445. The van der Waals surface area contributed by atoms with Crippen molar-refractivity contribution >= 4 is 17.5 Å². The van der Waals surface area contributed by atoms with Crippen molar-refractivity contribution in [2.75, 3.05) is 13.1 Å². The zero-order valence-electron chi connectivity index (χ0n) is 9.53. The minimum atomic E-state index is 0.00167. The Morgan fingerprint density at radius 2 is 2.24 bits per heavy atom. The van der Waals surface area contributed by atoms with Crippen molar-refractivity contribution in [3.63, 3.8) is 0 Å². The van der Waals surface area contributed by atoms with Crippen LogP contribution in [0.3, 0.4) is 0 Å². The number of nitrogens with one attached hydrogen (secondary N) is 1. The van der Waals surface area contributed by atoms with Crippen LogP contribution in [0.2, 0.25) is 5.02 Å². The van der Waals surface area contributed by atoms with Gasteiger partial charge in [0.1, 0.15) is 6.17 Å². The summed E-state index contributed by atoms with van der Waals surface area (Å²) >= 11 is 5.99. The summed E-state index contributed by atoms with van der Waals surface area (Å²) in [6, 6.07) is 7.73. The third kappa shape index (κ3) is 2.31. The van der Waals surface area contributed by atoms with Crippen molar-refractivity contribution < 1.29 is 4.79 Å². The van der Waals surface area contributed by atoms with Crippen LogP contribution in [0.15, 0.2) is 24.3 Å². The van der Waals surface area contributed by atoms with Crippen LogP contribution in [0.4, 0.5) is 0 Å². The molecule has 4 heteroatoms. The molecule has 2 aliphatic rings. The number of rotatable bonds is 3. The molecule has 0 bridgehead atoms. The summed E-state index contributed by atoms with van der Waals surface area (Å²) in [5.74, 6) is 0.905. The molecule has 90 valence electrons. The third-order valence-corrected chi connectivity index (χ3v) is 3.63. The van der Waals surface area contributed by atoms with E-state index in [9.17, 15) is 4.79 Å². The van der Waals surface area contributed by atoms with E-state index in [1.807, 2.05) is 29.2 Å². The highest BCUT2D eigenvalue weighted by atomic mass is 35.5. The van der Waals surface area contributed by atoms with Crippen molar-refractivity contribution in [3.05, 3.63) is 34.9 Å². The monoisotopic (exact) mass is 250 g/mol. The molecule has 1 aromatic rings. The Balaban J connectivity index is 1.82. The lowest BCUT2D eigenvalue weighted by Gasteiger charge is -2.24. The van der Waals surface area contributed by atoms with Crippen molar-refractivity contribution in [1.29, 1.82) is 0 Å². The SMILES string of the molecule is O=C1CNC(c2cccc(Cl)c2)N1CC1CC1. The van der Waals surface area contributed by atoms with Crippen LogP contribution in [0, 0.1) is 5.92 Å². The topological polar surface area (TPSA) is 32.3 Å². The maximum absolute atomic E-state index is 11.8.